The van der Waals surface area contributed by atoms with Gasteiger partial charge in [0.2, 0.25) is 0 Å². The SMILES string of the molecule is CCn1c(-c2cnc(C)nc2)nc2c(-c3ccc4c(c3)C3(CCCN3C(C)C)C(=O)N4C(=O)OC(C)(C)C)ncnc21. The number of nitrogens with zero attached hydrogens (tertiary/aromatic N) is 8. The van der Waals surface area contributed by atoms with Gasteiger partial charge < -0.3 is 9.30 Å². The van der Waals surface area contributed by atoms with Gasteiger partial charge in [0.15, 0.2) is 5.65 Å². The molecule has 11 nitrogen and oxygen atoms in total. The highest BCUT2D eigenvalue weighted by atomic mass is 16.6. The lowest BCUT2D eigenvalue weighted by atomic mass is 9.86. The van der Waals surface area contributed by atoms with E-state index in [9.17, 15) is 9.59 Å². The summed E-state index contributed by atoms with van der Waals surface area (Å²) in [4.78, 5) is 54.1. The third-order valence-corrected chi connectivity index (χ3v) is 8.03. The summed E-state index contributed by atoms with van der Waals surface area (Å²) < 4.78 is 7.72. The van der Waals surface area contributed by atoms with Gasteiger partial charge in [-0.15, -0.1) is 0 Å². The molecule has 1 aromatic carbocycles. The minimum absolute atomic E-state index is 0.0943. The number of ether oxygens (including phenoxy) is 1. The molecule has 0 aliphatic carbocycles. The summed E-state index contributed by atoms with van der Waals surface area (Å²) in [7, 11) is 0. The number of amides is 2. The maximum Gasteiger partial charge on any atom is 0.421 e. The number of fused-ring (bicyclic) bond motifs is 3. The molecule has 218 valence electrons. The number of hydrogen-bond acceptors (Lipinski definition) is 9. The van der Waals surface area contributed by atoms with Gasteiger partial charge in [0.1, 0.15) is 40.3 Å². The predicted molar refractivity (Wildman–Crippen MR) is 159 cm³/mol. The standard InChI is InChI=1S/C31H36N8O3/c1-8-37-26(21-15-32-19(4)33-16-21)36-25-24(34-17-35-27(25)37)20-10-11-23-22(14-20)31(12-9-13-38(31)18(2)3)28(40)39(23)29(41)42-30(5,6)7/h10-11,14-18H,8-9,12-13H2,1-7H3. The number of carbonyl (C=O) groups is 2. The van der Waals surface area contributed by atoms with Crippen molar-refractivity contribution in [1.29, 1.82) is 0 Å². The first-order chi connectivity index (χ1) is 20.0. The molecule has 6 rings (SSSR count). The van der Waals surface area contributed by atoms with Crippen molar-refractivity contribution in [1.82, 2.24) is 34.4 Å². The van der Waals surface area contributed by atoms with Gasteiger partial charge in [-0.25, -0.2) is 34.6 Å². The lowest BCUT2D eigenvalue weighted by Gasteiger charge is -2.37. The molecule has 0 radical (unpaired) electrons. The predicted octanol–water partition coefficient (Wildman–Crippen LogP) is 5.26. The van der Waals surface area contributed by atoms with Gasteiger partial charge in [0, 0.05) is 36.1 Å². The lowest BCUT2D eigenvalue weighted by molar-refractivity contribution is -0.129. The first kappa shape index (κ1) is 27.9. The third-order valence-electron chi connectivity index (χ3n) is 8.03. The highest BCUT2D eigenvalue weighted by molar-refractivity contribution is 6.21. The van der Waals surface area contributed by atoms with E-state index in [4.69, 9.17) is 9.72 Å². The lowest BCUT2D eigenvalue weighted by Crippen LogP contribution is -2.53. The number of likely N-dealkylation sites (tertiary alicyclic amines) is 1. The molecule has 2 amide bonds. The van der Waals surface area contributed by atoms with E-state index in [1.54, 1.807) is 33.2 Å². The molecule has 5 heterocycles. The molecule has 1 fully saturated rings. The van der Waals surface area contributed by atoms with Crippen molar-refractivity contribution >= 4 is 28.9 Å². The molecule has 0 N–H and O–H groups in total. The molecule has 3 aromatic heterocycles. The van der Waals surface area contributed by atoms with Crippen LogP contribution in [0.1, 0.15) is 65.8 Å². The molecule has 2 aliphatic rings. The van der Waals surface area contributed by atoms with Gasteiger partial charge in [0.05, 0.1) is 11.3 Å². The van der Waals surface area contributed by atoms with Crippen LogP contribution in [0.5, 0.6) is 0 Å². The number of carbonyl (C=O) groups excluding carboxylic acids is 2. The van der Waals surface area contributed by atoms with Crippen LogP contribution >= 0.6 is 0 Å². The molecular formula is C31H36N8O3. The van der Waals surface area contributed by atoms with Crippen molar-refractivity contribution in [2.75, 3.05) is 11.4 Å². The fourth-order valence-corrected chi connectivity index (χ4v) is 6.34. The fourth-order valence-electron chi connectivity index (χ4n) is 6.34. The van der Waals surface area contributed by atoms with Gasteiger partial charge in [-0.2, -0.15) is 0 Å². The summed E-state index contributed by atoms with van der Waals surface area (Å²) in [6, 6.07) is 5.81. The topological polar surface area (TPSA) is 119 Å². The number of benzene rings is 1. The molecule has 42 heavy (non-hydrogen) atoms. The van der Waals surface area contributed by atoms with Crippen molar-refractivity contribution in [3.8, 4) is 22.6 Å². The Kier molecular flexibility index (Phi) is 6.60. The van der Waals surface area contributed by atoms with E-state index in [1.807, 2.05) is 36.6 Å². The Morgan fingerprint density at radius 3 is 2.50 bits per heavy atom. The monoisotopic (exact) mass is 568 g/mol. The summed E-state index contributed by atoms with van der Waals surface area (Å²) >= 11 is 0. The van der Waals surface area contributed by atoms with Crippen LogP contribution in [-0.2, 0) is 21.6 Å². The number of aryl methyl sites for hydroxylation is 2. The van der Waals surface area contributed by atoms with Crippen LogP contribution in [0.2, 0.25) is 0 Å². The molecular weight excluding hydrogens is 532 g/mol. The first-order valence-corrected chi connectivity index (χ1v) is 14.5. The number of anilines is 1. The second-order valence-corrected chi connectivity index (χ2v) is 12.2. The molecule has 1 spiro atoms. The molecule has 11 heteroatoms. The van der Waals surface area contributed by atoms with Crippen LogP contribution in [0, 0.1) is 6.92 Å². The molecule has 2 aliphatic heterocycles. The highest BCUT2D eigenvalue weighted by Gasteiger charge is 2.59. The van der Waals surface area contributed by atoms with Gasteiger partial charge >= 0.3 is 6.09 Å². The van der Waals surface area contributed by atoms with Crippen molar-refractivity contribution in [2.45, 2.75) is 85.0 Å². The maximum absolute atomic E-state index is 14.3. The number of imide groups is 1. The average Bonchev–Trinajstić information content (AvgIpc) is 3.61. The summed E-state index contributed by atoms with van der Waals surface area (Å²) in [5, 5.41) is 0. The van der Waals surface area contributed by atoms with Crippen molar-refractivity contribution in [3.05, 3.63) is 48.3 Å². The summed E-state index contributed by atoms with van der Waals surface area (Å²) in [5.74, 6) is 1.13. The Bertz CT molecular complexity index is 1710. The molecule has 0 bridgehead atoms. The van der Waals surface area contributed by atoms with E-state index in [0.717, 1.165) is 29.7 Å². The summed E-state index contributed by atoms with van der Waals surface area (Å²) in [5.41, 5.74) is 3.20. The molecule has 1 unspecified atom stereocenters. The zero-order valence-electron chi connectivity index (χ0n) is 25.2. The average molecular weight is 569 g/mol. The van der Waals surface area contributed by atoms with E-state index in [1.165, 1.54) is 11.2 Å². The van der Waals surface area contributed by atoms with Crippen LogP contribution < -0.4 is 4.90 Å². The minimum atomic E-state index is -0.963. The molecule has 1 saturated heterocycles. The van der Waals surface area contributed by atoms with Crippen molar-refractivity contribution < 1.29 is 14.3 Å². The molecule has 4 aromatic rings. The molecule has 1 atom stereocenters. The van der Waals surface area contributed by atoms with E-state index >= 15 is 0 Å². The number of hydrogen-bond donors (Lipinski definition) is 0. The largest absolute Gasteiger partial charge is 0.443 e. The maximum atomic E-state index is 14.3. The van der Waals surface area contributed by atoms with Crippen LogP contribution in [0.15, 0.2) is 36.9 Å². The van der Waals surface area contributed by atoms with Crippen molar-refractivity contribution in [3.63, 3.8) is 0 Å². The second-order valence-electron chi connectivity index (χ2n) is 12.2. The summed E-state index contributed by atoms with van der Waals surface area (Å²) in [6.07, 6.45) is 5.86. The Morgan fingerprint density at radius 2 is 1.83 bits per heavy atom. The normalized spacial score (nSPS) is 19.0. The van der Waals surface area contributed by atoms with E-state index < -0.39 is 17.2 Å². The first-order valence-electron chi connectivity index (χ1n) is 14.5. The zero-order valence-corrected chi connectivity index (χ0v) is 25.2. The highest BCUT2D eigenvalue weighted by Crippen LogP contribution is 2.52. The van der Waals surface area contributed by atoms with E-state index in [2.05, 4.69) is 38.7 Å². The van der Waals surface area contributed by atoms with Crippen LogP contribution in [0.3, 0.4) is 0 Å². The van der Waals surface area contributed by atoms with Crippen LogP contribution in [-0.4, -0.2) is 64.6 Å². The third kappa shape index (κ3) is 4.25. The fraction of sp³-hybridized carbons (Fsp3) is 0.452. The Morgan fingerprint density at radius 1 is 1.10 bits per heavy atom. The Labute approximate surface area is 245 Å². The zero-order chi connectivity index (χ0) is 30.0. The van der Waals surface area contributed by atoms with Gasteiger partial charge in [0.25, 0.3) is 5.91 Å². The Balaban J connectivity index is 1.54. The number of imidazole rings is 1. The number of rotatable bonds is 4. The van der Waals surface area contributed by atoms with Gasteiger partial charge in [-0.3, -0.25) is 9.69 Å². The van der Waals surface area contributed by atoms with Gasteiger partial charge in [-0.05, 0) is 80.0 Å². The summed E-state index contributed by atoms with van der Waals surface area (Å²) in [6.45, 7) is 14.9. The van der Waals surface area contributed by atoms with Crippen molar-refractivity contribution in [2.24, 2.45) is 0 Å². The minimum Gasteiger partial charge on any atom is -0.443 e. The molecule has 0 saturated carbocycles. The van der Waals surface area contributed by atoms with Crippen LogP contribution in [0.4, 0.5) is 10.5 Å². The smallest absolute Gasteiger partial charge is 0.421 e. The quantitative estimate of drug-likeness (QED) is 0.325. The van der Waals surface area contributed by atoms with Gasteiger partial charge in [-0.1, -0.05) is 6.07 Å². The van der Waals surface area contributed by atoms with Crippen LogP contribution in [0.25, 0.3) is 33.8 Å². The Hall–Kier alpha value is -4.25. The second kappa shape index (κ2) is 9.94. The van der Waals surface area contributed by atoms with E-state index in [0.29, 0.717) is 47.2 Å². The van der Waals surface area contributed by atoms with E-state index in [-0.39, 0.29) is 11.9 Å². The number of aromatic nitrogens is 6.